The molecule has 0 bridgehead atoms. The largest absolute Gasteiger partial charge is 0.417 e. The first-order valence-corrected chi connectivity index (χ1v) is 9.67. The van der Waals surface area contributed by atoms with Crippen molar-refractivity contribution >= 4 is 33.4 Å². The van der Waals surface area contributed by atoms with E-state index >= 15 is 0 Å². The number of halogens is 5. The summed E-state index contributed by atoms with van der Waals surface area (Å²) in [5.74, 6) is -1.76. The molecule has 1 aliphatic heterocycles. The number of anilines is 1. The molecule has 1 heterocycles. The van der Waals surface area contributed by atoms with E-state index in [4.69, 9.17) is 0 Å². The van der Waals surface area contributed by atoms with Gasteiger partial charge in [0, 0.05) is 28.8 Å². The molecule has 1 fully saturated rings. The maximum Gasteiger partial charge on any atom is 0.417 e. The van der Waals surface area contributed by atoms with Crippen molar-refractivity contribution in [3.63, 3.8) is 0 Å². The molecule has 0 saturated carbocycles. The van der Waals surface area contributed by atoms with E-state index in [0.717, 1.165) is 6.07 Å². The van der Waals surface area contributed by atoms with Crippen LogP contribution in [0.1, 0.15) is 28.8 Å². The monoisotopic (exact) mass is 472 g/mol. The number of piperidine rings is 1. The number of benzene rings is 2. The summed E-state index contributed by atoms with van der Waals surface area (Å²) in [6, 6.07) is 8.60. The normalized spacial score (nSPS) is 17.1. The molecule has 2 aromatic carbocycles. The van der Waals surface area contributed by atoms with Crippen LogP contribution in [0.3, 0.4) is 0 Å². The third-order valence-electron chi connectivity index (χ3n) is 4.71. The van der Waals surface area contributed by atoms with Crippen LogP contribution >= 0.6 is 15.9 Å². The van der Waals surface area contributed by atoms with Crippen molar-refractivity contribution in [2.24, 2.45) is 5.92 Å². The highest BCUT2D eigenvalue weighted by Gasteiger charge is 2.34. The van der Waals surface area contributed by atoms with Crippen molar-refractivity contribution in [2.45, 2.75) is 19.0 Å². The van der Waals surface area contributed by atoms with Gasteiger partial charge in [0.05, 0.1) is 11.5 Å². The summed E-state index contributed by atoms with van der Waals surface area (Å²) in [7, 11) is 0. The van der Waals surface area contributed by atoms with Crippen molar-refractivity contribution in [1.29, 1.82) is 0 Å². The molecule has 1 N–H and O–H groups in total. The van der Waals surface area contributed by atoms with E-state index in [1.165, 1.54) is 41.3 Å². The van der Waals surface area contributed by atoms with Crippen molar-refractivity contribution in [2.75, 3.05) is 18.4 Å². The van der Waals surface area contributed by atoms with Crippen molar-refractivity contribution < 1.29 is 27.2 Å². The van der Waals surface area contributed by atoms with Crippen LogP contribution < -0.4 is 5.32 Å². The minimum absolute atomic E-state index is 0.0347. The van der Waals surface area contributed by atoms with Gasteiger partial charge in [0.25, 0.3) is 5.91 Å². The van der Waals surface area contributed by atoms with Crippen LogP contribution in [0.2, 0.25) is 0 Å². The van der Waals surface area contributed by atoms with Gasteiger partial charge in [0.15, 0.2) is 0 Å². The summed E-state index contributed by atoms with van der Waals surface area (Å²) in [6.07, 6.45) is -3.45. The van der Waals surface area contributed by atoms with Crippen LogP contribution in [-0.2, 0) is 11.0 Å². The van der Waals surface area contributed by atoms with Crippen molar-refractivity contribution in [3.05, 3.63) is 63.9 Å². The van der Waals surface area contributed by atoms with Gasteiger partial charge in [0.2, 0.25) is 5.91 Å². The Balaban J connectivity index is 1.68. The minimum Gasteiger partial charge on any atom is -0.338 e. The van der Waals surface area contributed by atoms with Crippen LogP contribution in [0.15, 0.2) is 46.9 Å². The molecule has 2 aromatic rings. The molecule has 3 rings (SSSR count). The zero-order valence-electron chi connectivity index (χ0n) is 15.1. The fourth-order valence-corrected chi connectivity index (χ4v) is 3.69. The Kier molecular flexibility index (Phi) is 6.26. The van der Waals surface area contributed by atoms with Crippen LogP contribution in [0.5, 0.6) is 0 Å². The average molecular weight is 473 g/mol. The summed E-state index contributed by atoms with van der Waals surface area (Å²) in [6.45, 7) is 0.598. The average Bonchev–Trinajstić information content (AvgIpc) is 2.68. The summed E-state index contributed by atoms with van der Waals surface area (Å²) < 4.78 is 52.0. The molecule has 2 amide bonds. The molecule has 1 aliphatic rings. The van der Waals surface area contributed by atoms with Gasteiger partial charge in [-0.2, -0.15) is 13.2 Å². The number of nitrogens with one attached hydrogen (secondary N) is 1. The summed E-state index contributed by atoms with van der Waals surface area (Å²) in [5, 5.41) is 2.51. The van der Waals surface area contributed by atoms with E-state index in [1.54, 1.807) is 0 Å². The van der Waals surface area contributed by atoms with Gasteiger partial charge >= 0.3 is 6.18 Å². The number of hydrogen-bond donors (Lipinski definition) is 1. The summed E-state index contributed by atoms with van der Waals surface area (Å²) in [4.78, 5) is 26.6. The summed E-state index contributed by atoms with van der Waals surface area (Å²) >= 11 is 2.86. The standard InChI is InChI=1S/C20H17BrF4N2O2/c21-17-8-7-15(10-16(17)20(23,24)25)26-18(28)13-2-1-9-27(11-13)19(29)12-3-5-14(22)6-4-12/h3-8,10,13H,1-2,9,11H2,(H,26,28)/t13-/m0/s1. The lowest BCUT2D eigenvalue weighted by Gasteiger charge is -2.32. The molecule has 4 nitrogen and oxygen atoms in total. The minimum atomic E-state index is -4.55. The molecule has 0 unspecified atom stereocenters. The van der Waals surface area contributed by atoms with Gasteiger partial charge in [-0.3, -0.25) is 9.59 Å². The van der Waals surface area contributed by atoms with Gasteiger partial charge in [-0.15, -0.1) is 0 Å². The lowest BCUT2D eigenvalue weighted by molar-refractivity contribution is -0.138. The number of nitrogens with zero attached hydrogens (tertiary/aromatic N) is 1. The molecule has 1 atom stereocenters. The predicted octanol–water partition coefficient (Wildman–Crippen LogP) is 5.10. The van der Waals surface area contributed by atoms with E-state index in [-0.39, 0.29) is 22.6 Å². The van der Waals surface area contributed by atoms with Gasteiger partial charge in [0.1, 0.15) is 5.82 Å². The third kappa shape index (κ3) is 5.14. The zero-order chi connectivity index (χ0) is 21.2. The van der Waals surface area contributed by atoms with E-state index in [1.807, 2.05) is 0 Å². The quantitative estimate of drug-likeness (QED) is 0.631. The molecule has 0 spiro atoms. The Morgan fingerprint density at radius 2 is 1.79 bits per heavy atom. The summed E-state index contributed by atoms with van der Waals surface area (Å²) in [5.41, 5.74) is -0.533. The Morgan fingerprint density at radius 1 is 1.10 bits per heavy atom. The SMILES string of the molecule is O=C(Nc1ccc(Br)c(C(F)(F)F)c1)[C@H]1CCCN(C(=O)c2ccc(F)cc2)C1. The van der Waals surface area contributed by atoms with Crippen molar-refractivity contribution in [1.82, 2.24) is 4.90 Å². The highest BCUT2D eigenvalue weighted by molar-refractivity contribution is 9.10. The molecule has 9 heteroatoms. The first kappa shape index (κ1) is 21.3. The third-order valence-corrected chi connectivity index (χ3v) is 5.40. The molecular weight excluding hydrogens is 456 g/mol. The molecule has 0 radical (unpaired) electrons. The van der Waals surface area contributed by atoms with E-state index in [0.29, 0.717) is 24.9 Å². The molecule has 29 heavy (non-hydrogen) atoms. The van der Waals surface area contributed by atoms with Gasteiger partial charge in [-0.1, -0.05) is 15.9 Å². The highest BCUT2D eigenvalue weighted by atomic mass is 79.9. The second-order valence-corrected chi connectivity index (χ2v) is 7.63. The first-order chi connectivity index (χ1) is 13.6. The van der Waals surface area contributed by atoms with Crippen molar-refractivity contribution in [3.8, 4) is 0 Å². The fraction of sp³-hybridized carbons (Fsp3) is 0.300. The maximum atomic E-state index is 13.0. The van der Waals surface area contributed by atoms with E-state index < -0.39 is 29.4 Å². The second-order valence-electron chi connectivity index (χ2n) is 6.78. The van der Waals surface area contributed by atoms with Crippen LogP contribution in [0.25, 0.3) is 0 Å². The van der Waals surface area contributed by atoms with Gasteiger partial charge < -0.3 is 10.2 Å². The first-order valence-electron chi connectivity index (χ1n) is 8.87. The second kappa shape index (κ2) is 8.52. The van der Waals surface area contributed by atoms with Gasteiger partial charge in [-0.25, -0.2) is 4.39 Å². The van der Waals surface area contributed by atoms with Gasteiger partial charge in [-0.05, 0) is 55.3 Å². The predicted molar refractivity (Wildman–Crippen MR) is 103 cm³/mol. The molecule has 0 aromatic heterocycles. The maximum absolute atomic E-state index is 13.0. The Bertz CT molecular complexity index is 916. The number of carbonyl (C=O) groups is 2. The lowest BCUT2D eigenvalue weighted by atomic mass is 9.96. The molecular formula is C20H17BrF4N2O2. The number of alkyl halides is 3. The smallest absolute Gasteiger partial charge is 0.338 e. The Labute approximate surface area is 173 Å². The van der Waals surface area contributed by atoms with Crippen LogP contribution in [0, 0.1) is 11.7 Å². The highest BCUT2D eigenvalue weighted by Crippen LogP contribution is 2.36. The number of hydrogen-bond acceptors (Lipinski definition) is 2. The van der Waals surface area contributed by atoms with E-state index in [9.17, 15) is 27.2 Å². The Morgan fingerprint density at radius 3 is 2.45 bits per heavy atom. The fourth-order valence-electron chi connectivity index (χ4n) is 3.22. The topological polar surface area (TPSA) is 49.4 Å². The number of rotatable bonds is 3. The number of amides is 2. The van der Waals surface area contributed by atoms with E-state index in [2.05, 4.69) is 21.2 Å². The molecule has 0 aliphatic carbocycles. The lowest BCUT2D eigenvalue weighted by Crippen LogP contribution is -2.43. The number of carbonyl (C=O) groups excluding carboxylic acids is 2. The Hall–Kier alpha value is -2.42. The zero-order valence-corrected chi connectivity index (χ0v) is 16.7. The molecule has 1 saturated heterocycles. The molecule has 154 valence electrons. The number of likely N-dealkylation sites (tertiary alicyclic amines) is 1. The van der Waals surface area contributed by atoms with Crippen LogP contribution in [-0.4, -0.2) is 29.8 Å². The van der Waals surface area contributed by atoms with Crippen LogP contribution in [0.4, 0.5) is 23.2 Å².